The van der Waals surface area contributed by atoms with E-state index in [0.717, 1.165) is 19.3 Å². The molecule has 0 bridgehead atoms. The topological polar surface area (TPSA) is 0 Å². The summed E-state index contributed by atoms with van der Waals surface area (Å²) in [5, 5.41) is 0. The van der Waals surface area contributed by atoms with Gasteiger partial charge in [0, 0.05) is 0 Å². The molecule has 288 valence electrons. The van der Waals surface area contributed by atoms with E-state index < -0.39 is 0 Å². The molecule has 9 rings (SSSR count). The number of halogens is 2. The predicted molar refractivity (Wildman–Crippen MR) is 228 cm³/mol. The van der Waals surface area contributed by atoms with Gasteiger partial charge < -0.3 is 31.2 Å². The van der Waals surface area contributed by atoms with Gasteiger partial charge in [-0.2, -0.15) is 18.1 Å². The Morgan fingerprint density at radius 1 is 0.571 bits per heavy atom. The van der Waals surface area contributed by atoms with E-state index in [0.29, 0.717) is 0 Å². The number of hydrogen-bond acceptors (Lipinski definition) is 0. The molecule has 0 saturated heterocycles. The standard InChI is InChI=1S/C29H37.C13H10.C11H9.2ClH.Zr/c1-26(2)9-11-28(5,6)24-16-20-18(14-22(24)26)13-19-15-23-25(17-21(19)20)29(7,8)12-10-27(23,3)4;1-3-7-12(8-4-1)11-13-9-5-2-6-10-13;1-2-6-10(7-3-1)11-8-4-5-9-11;;;/h9,14-17H,10-13H2,1-8H3;1-10H;1-3,6-9H,4H2;2*1H;/q-1;;-1;;;+2/p-2. The monoisotopic (exact) mass is 852 g/mol. The molecule has 4 aliphatic rings. The van der Waals surface area contributed by atoms with Gasteiger partial charge in [0.05, 0.1) is 0 Å². The normalized spacial score (nSPS) is 18.0. The van der Waals surface area contributed by atoms with Crippen molar-refractivity contribution in [2.45, 2.75) is 109 Å². The zero-order chi connectivity index (χ0) is 38.3. The number of fused-ring (bicyclic) bond motifs is 5. The molecule has 0 spiro atoms. The van der Waals surface area contributed by atoms with Crippen LogP contribution >= 0.6 is 0 Å². The van der Waals surface area contributed by atoms with Crippen LogP contribution in [0.1, 0.15) is 131 Å². The molecule has 0 heterocycles. The third kappa shape index (κ3) is 9.12. The van der Waals surface area contributed by atoms with Crippen LogP contribution in [-0.4, -0.2) is 3.21 Å². The van der Waals surface area contributed by atoms with Gasteiger partial charge in [-0.3, -0.25) is 6.08 Å². The Morgan fingerprint density at radius 3 is 1.50 bits per heavy atom. The number of rotatable bonds is 3. The van der Waals surface area contributed by atoms with Crippen molar-refractivity contribution in [2.24, 2.45) is 0 Å². The molecule has 4 aliphatic carbocycles. The molecule has 0 amide bonds. The molecule has 0 atom stereocenters. The third-order valence-corrected chi connectivity index (χ3v) is 13.9. The van der Waals surface area contributed by atoms with E-state index in [9.17, 15) is 0 Å². The van der Waals surface area contributed by atoms with Crippen LogP contribution in [0.2, 0.25) is 0 Å². The summed E-state index contributed by atoms with van der Waals surface area (Å²) in [5.74, 6) is 0. The maximum atomic E-state index is 3.15. The van der Waals surface area contributed by atoms with Crippen molar-refractivity contribution < 1.29 is 49.0 Å². The minimum atomic E-state index is 0. The van der Waals surface area contributed by atoms with E-state index in [-0.39, 0.29) is 46.5 Å². The average molecular weight is 855 g/mol. The summed E-state index contributed by atoms with van der Waals surface area (Å²) >= 11 is 1.46. The van der Waals surface area contributed by atoms with E-state index in [1.165, 1.54) is 79.2 Å². The quantitative estimate of drug-likeness (QED) is 0.163. The predicted octanol–water partition coefficient (Wildman–Crippen LogP) is 7.41. The van der Waals surface area contributed by atoms with E-state index in [1.54, 1.807) is 27.8 Å². The second kappa shape index (κ2) is 17.4. The molecule has 3 heteroatoms. The summed E-state index contributed by atoms with van der Waals surface area (Å²) in [5.41, 5.74) is 18.6. The number of allylic oxidation sites excluding steroid dienone is 4. The Labute approximate surface area is 365 Å². The average Bonchev–Trinajstić information content (AvgIpc) is 3.84. The van der Waals surface area contributed by atoms with Crippen LogP contribution in [0, 0.1) is 12.5 Å². The molecule has 0 radical (unpaired) electrons. The van der Waals surface area contributed by atoms with Crippen molar-refractivity contribution in [3.8, 4) is 11.1 Å². The Bertz CT molecular complexity index is 2100. The minimum absolute atomic E-state index is 0. The van der Waals surface area contributed by atoms with Gasteiger partial charge in [-0.05, 0) is 74.5 Å². The van der Waals surface area contributed by atoms with Gasteiger partial charge in [-0.15, -0.1) is 17.4 Å². The fraction of sp³-hybridized carbons (Fsp3) is 0.321. The third-order valence-electron chi connectivity index (χ3n) is 12.5. The summed E-state index contributed by atoms with van der Waals surface area (Å²) in [6.07, 6.45) is 15.7. The molecule has 0 fully saturated rings. The van der Waals surface area contributed by atoms with E-state index >= 15 is 0 Å². The van der Waals surface area contributed by atoms with Crippen LogP contribution in [0.3, 0.4) is 0 Å². The first-order valence-corrected chi connectivity index (χ1v) is 21.1. The molecule has 0 aromatic heterocycles. The molecule has 0 unspecified atom stereocenters. The van der Waals surface area contributed by atoms with Crippen molar-refractivity contribution in [3.63, 3.8) is 0 Å². The Kier molecular flexibility index (Phi) is 13.7. The van der Waals surface area contributed by atoms with Gasteiger partial charge in [-0.1, -0.05) is 116 Å². The first kappa shape index (κ1) is 44.0. The molecule has 0 aliphatic heterocycles. The summed E-state index contributed by atoms with van der Waals surface area (Å²) in [7, 11) is 0. The first-order chi connectivity index (χ1) is 25.7. The summed E-state index contributed by atoms with van der Waals surface area (Å²) < 4.78 is 1.42. The van der Waals surface area contributed by atoms with Gasteiger partial charge >= 0.3 is 99.2 Å². The summed E-state index contributed by atoms with van der Waals surface area (Å²) in [4.78, 5) is 0. The van der Waals surface area contributed by atoms with Crippen LogP contribution in [0.25, 0.3) is 16.7 Å². The van der Waals surface area contributed by atoms with Gasteiger partial charge in [0.25, 0.3) is 0 Å². The van der Waals surface area contributed by atoms with Crippen molar-refractivity contribution in [2.75, 3.05) is 0 Å². The molecule has 5 aromatic rings. The Balaban J connectivity index is 0.000000185. The van der Waals surface area contributed by atoms with Crippen LogP contribution < -0.4 is 24.8 Å². The summed E-state index contributed by atoms with van der Waals surface area (Å²) in [6, 6.07) is 41.8. The fourth-order valence-corrected chi connectivity index (χ4v) is 9.55. The van der Waals surface area contributed by atoms with E-state index in [2.05, 4.69) is 189 Å². The van der Waals surface area contributed by atoms with Crippen LogP contribution in [0.4, 0.5) is 0 Å². The maximum absolute atomic E-state index is 3.15. The van der Waals surface area contributed by atoms with Crippen LogP contribution in [0.15, 0.2) is 127 Å². The fourth-order valence-electron chi connectivity index (χ4n) is 8.73. The SMILES string of the molecule is CC1(C)[CH-]CC(C)(C)c2cc3c(cc21)Cc1cc2c(cc1-3)C(C)(C)CCC2(C)C.[C-]1=CC(c2ccccc2)=CC1.[Cl-].[Cl-].[Zr+2]=[C](c1ccccc1)c1ccccc1. The summed E-state index contributed by atoms with van der Waals surface area (Å²) in [6.45, 7) is 19.4. The van der Waals surface area contributed by atoms with Crippen molar-refractivity contribution in [3.05, 3.63) is 190 Å². The number of hydrogen-bond donors (Lipinski definition) is 0. The molecule has 0 saturated carbocycles. The molecule has 56 heavy (non-hydrogen) atoms. The zero-order valence-electron chi connectivity index (χ0n) is 34.5. The number of benzene rings is 5. The zero-order valence-corrected chi connectivity index (χ0v) is 38.5. The molecule has 0 N–H and O–H groups in total. The first-order valence-electron chi connectivity index (χ1n) is 19.9. The second-order valence-corrected chi connectivity index (χ2v) is 19.5. The Morgan fingerprint density at radius 2 is 1.02 bits per heavy atom. The molecule has 5 aromatic carbocycles. The van der Waals surface area contributed by atoms with Crippen LogP contribution in [0.5, 0.6) is 0 Å². The van der Waals surface area contributed by atoms with Crippen molar-refractivity contribution >= 4 is 8.78 Å². The Hall–Kier alpha value is -3.09. The molecular weight excluding hydrogens is 799 g/mol. The van der Waals surface area contributed by atoms with E-state index in [1.807, 2.05) is 6.07 Å². The van der Waals surface area contributed by atoms with Gasteiger partial charge in [0.1, 0.15) is 0 Å². The molecular formula is C53H56Cl2Zr-2. The van der Waals surface area contributed by atoms with Gasteiger partial charge in [0.15, 0.2) is 0 Å². The van der Waals surface area contributed by atoms with Gasteiger partial charge in [-0.25, -0.2) is 6.08 Å². The second-order valence-electron chi connectivity index (χ2n) is 18.3. The van der Waals surface area contributed by atoms with Crippen molar-refractivity contribution in [1.29, 1.82) is 0 Å². The van der Waals surface area contributed by atoms with E-state index in [4.69, 9.17) is 0 Å². The molecule has 0 nitrogen and oxygen atoms in total. The van der Waals surface area contributed by atoms with Gasteiger partial charge in [0.2, 0.25) is 0 Å². The van der Waals surface area contributed by atoms with Crippen molar-refractivity contribution in [1.82, 2.24) is 0 Å². The van der Waals surface area contributed by atoms with Crippen LogP contribution in [-0.2, 0) is 52.3 Å².